The quantitative estimate of drug-likeness (QED) is 0.610. The maximum Gasteiger partial charge on any atom is 0.249 e. The molecule has 0 spiro atoms. The summed E-state index contributed by atoms with van der Waals surface area (Å²) >= 11 is 0. The Morgan fingerprint density at radius 2 is 2.00 bits per heavy atom. The number of benzene rings is 1. The van der Waals surface area contributed by atoms with Crippen molar-refractivity contribution in [1.82, 2.24) is 10.1 Å². The van der Waals surface area contributed by atoms with Crippen LogP contribution in [0.1, 0.15) is 24.2 Å². The number of nitrogens with zero attached hydrogens (tertiary/aromatic N) is 2. The first-order chi connectivity index (χ1) is 14.1. The Hall–Kier alpha value is -2.71. The summed E-state index contributed by atoms with van der Waals surface area (Å²) in [4.78, 5) is 28.1. The highest BCUT2D eigenvalue weighted by atomic mass is 16.5. The van der Waals surface area contributed by atoms with Crippen LogP contribution >= 0.6 is 0 Å². The molecule has 1 aromatic carbocycles. The van der Waals surface area contributed by atoms with E-state index in [4.69, 9.17) is 9.26 Å². The third kappa shape index (κ3) is 6.99. The van der Waals surface area contributed by atoms with E-state index in [1.165, 1.54) is 17.7 Å². The van der Waals surface area contributed by atoms with Crippen LogP contribution in [0, 0.1) is 6.92 Å². The molecule has 3 rings (SSSR count). The summed E-state index contributed by atoms with van der Waals surface area (Å²) < 4.78 is 10.5. The molecular formula is C21H29N4O4+. The van der Waals surface area contributed by atoms with E-state index in [0.29, 0.717) is 24.7 Å². The van der Waals surface area contributed by atoms with Crippen molar-refractivity contribution in [3.63, 3.8) is 0 Å². The van der Waals surface area contributed by atoms with Crippen LogP contribution in [0.25, 0.3) is 0 Å². The Morgan fingerprint density at radius 3 is 2.69 bits per heavy atom. The van der Waals surface area contributed by atoms with Crippen LogP contribution in [-0.4, -0.2) is 61.2 Å². The van der Waals surface area contributed by atoms with Gasteiger partial charge in [0.15, 0.2) is 5.82 Å². The second-order valence-electron chi connectivity index (χ2n) is 7.37. The molecule has 1 fully saturated rings. The molecule has 1 aliphatic heterocycles. The van der Waals surface area contributed by atoms with Gasteiger partial charge in [-0.3, -0.25) is 9.59 Å². The van der Waals surface area contributed by atoms with Crippen molar-refractivity contribution in [1.29, 1.82) is 0 Å². The molecule has 0 unspecified atom stereocenters. The first-order valence-corrected chi connectivity index (χ1v) is 10.1. The number of likely N-dealkylation sites (tertiary alicyclic amines) is 1. The van der Waals surface area contributed by atoms with Gasteiger partial charge in [-0.25, -0.2) is 0 Å². The van der Waals surface area contributed by atoms with Crippen molar-refractivity contribution in [3.8, 4) is 0 Å². The highest BCUT2D eigenvalue weighted by Gasteiger charge is 2.22. The standard InChI is InChI=1S/C21H28N4O4/c1-17-13-19(23-29-17)22-20(26)14-25(12-11-24-9-5-6-10-24)21(27)16-28-15-18-7-3-2-4-8-18/h2-4,7-8,13H,5-6,9-12,14-16H2,1H3,(H,22,23,26)/p+1. The van der Waals surface area contributed by atoms with E-state index in [2.05, 4.69) is 10.5 Å². The summed E-state index contributed by atoms with van der Waals surface area (Å²) in [6.07, 6.45) is 2.44. The molecule has 0 saturated carbocycles. The first-order valence-electron chi connectivity index (χ1n) is 10.1. The number of hydrogen-bond acceptors (Lipinski definition) is 5. The number of ether oxygens (including phenoxy) is 1. The number of hydrogen-bond donors (Lipinski definition) is 2. The van der Waals surface area contributed by atoms with Crippen molar-refractivity contribution in [3.05, 3.63) is 47.7 Å². The SMILES string of the molecule is Cc1cc(NC(=O)CN(CC[NH+]2CCCC2)C(=O)COCc2ccccc2)no1. The third-order valence-electron chi connectivity index (χ3n) is 4.97. The first kappa shape index (κ1) is 21.0. The number of amides is 2. The Morgan fingerprint density at radius 1 is 1.24 bits per heavy atom. The Labute approximate surface area is 170 Å². The molecule has 0 atom stereocenters. The number of carbonyl (C=O) groups excluding carboxylic acids is 2. The van der Waals surface area contributed by atoms with E-state index in [9.17, 15) is 9.59 Å². The number of carbonyl (C=O) groups is 2. The maximum atomic E-state index is 12.7. The molecule has 8 heteroatoms. The Bertz CT molecular complexity index is 787. The zero-order valence-corrected chi connectivity index (χ0v) is 16.9. The minimum atomic E-state index is -0.300. The summed E-state index contributed by atoms with van der Waals surface area (Å²) in [5.74, 6) is 0.475. The van der Waals surface area contributed by atoms with Crippen molar-refractivity contribution < 1.29 is 23.7 Å². The van der Waals surface area contributed by atoms with E-state index in [1.54, 1.807) is 17.9 Å². The van der Waals surface area contributed by atoms with Gasteiger partial charge in [-0.2, -0.15) is 0 Å². The molecular weight excluding hydrogens is 372 g/mol. The molecule has 29 heavy (non-hydrogen) atoms. The number of rotatable bonds is 10. The number of aryl methyl sites for hydroxylation is 1. The van der Waals surface area contributed by atoms with Gasteiger partial charge in [-0.15, -0.1) is 0 Å². The van der Waals surface area contributed by atoms with Crippen LogP contribution in [0.15, 0.2) is 40.9 Å². The summed E-state index contributed by atoms with van der Waals surface area (Å²) in [6, 6.07) is 11.3. The van der Waals surface area contributed by atoms with Crippen LogP contribution in [0.3, 0.4) is 0 Å². The number of nitrogens with one attached hydrogen (secondary N) is 2. The van der Waals surface area contributed by atoms with Crippen LogP contribution in [0.2, 0.25) is 0 Å². The Balaban J connectivity index is 1.52. The van der Waals surface area contributed by atoms with Crippen LogP contribution in [-0.2, 0) is 20.9 Å². The molecule has 0 radical (unpaired) electrons. The molecule has 1 aliphatic rings. The number of aromatic nitrogens is 1. The van der Waals surface area contributed by atoms with Crippen molar-refractivity contribution in [2.24, 2.45) is 0 Å². The van der Waals surface area contributed by atoms with Gasteiger partial charge in [-0.05, 0) is 12.5 Å². The van der Waals surface area contributed by atoms with Crippen LogP contribution < -0.4 is 10.2 Å². The van der Waals surface area contributed by atoms with Gasteiger partial charge in [0.2, 0.25) is 11.8 Å². The smallest absolute Gasteiger partial charge is 0.249 e. The molecule has 0 aliphatic carbocycles. The van der Waals surface area contributed by atoms with Gasteiger partial charge in [0.1, 0.15) is 18.9 Å². The zero-order chi connectivity index (χ0) is 20.5. The molecule has 2 N–H and O–H groups in total. The fourth-order valence-corrected chi connectivity index (χ4v) is 3.41. The summed E-state index contributed by atoms with van der Waals surface area (Å²) in [5, 5.41) is 6.43. The molecule has 2 aromatic rings. The van der Waals surface area contributed by atoms with Crippen molar-refractivity contribution >= 4 is 17.6 Å². The van der Waals surface area contributed by atoms with E-state index in [0.717, 1.165) is 25.2 Å². The van der Waals surface area contributed by atoms with Gasteiger partial charge in [-0.1, -0.05) is 35.5 Å². The van der Waals surface area contributed by atoms with E-state index in [-0.39, 0.29) is 25.0 Å². The molecule has 0 bridgehead atoms. The number of quaternary nitrogens is 1. The molecule has 1 saturated heterocycles. The van der Waals surface area contributed by atoms with Gasteiger partial charge in [0.25, 0.3) is 0 Å². The number of anilines is 1. The minimum absolute atomic E-state index is 0.0350. The summed E-state index contributed by atoms with van der Waals surface area (Å²) in [7, 11) is 0. The fraction of sp³-hybridized carbons (Fsp3) is 0.476. The molecule has 8 nitrogen and oxygen atoms in total. The average molecular weight is 401 g/mol. The van der Waals surface area contributed by atoms with Crippen molar-refractivity contribution in [2.45, 2.75) is 26.4 Å². The highest BCUT2D eigenvalue weighted by molar-refractivity contribution is 5.93. The lowest BCUT2D eigenvalue weighted by molar-refractivity contribution is -0.886. The van der Waals surface area contributed by atoms with Gasteiger partial charge in [0, 0.05) is 18.9 Å². The Kier molecular flexibility index (Phi) is 7.77. The van der Waals surface area contributed by atoms with Crippen molar-refractivity contribution in [2.75, 3.05) is 44.6 Å². The maximum absolute atomic E-state index is 12.7. The largest absolute Gasteiger partial charge is 0.367 e. The van der Waals surface area contributed by atoms with Crippen LogP contribution in [0.4, 0.5) is 5.82 Å². The predicted molar refractivity (Wildman–Crippen MR) is 107 cm³/mol. The minimum Gasteiger partial charge on any atom is -0.367 e. The van der Waals surface area contributed by atoms with Crippen LogP contribution in [0.5, 0.6) is 0 Å². The normalized spacial score (nSPS) is 14.1. The average Bonchev–Trinajstić information content (AvgIpc) is 3.37. The van der Waals surface area contributed by atoms with Gasteiger partial charge in [0.05, 0.1) is 32.8 Å². The molecule has 2 amide bonds. The second-order valence-corrected chi connectivity index (χ2v) is 7.37. The predicted octanol–water partition coefficient (Wildman–Crippen LogP) is 0.646. The second kappa shape index (κ2) is 10.7. The molecule has 156 valence electrons. The monoisotopic (exact) mass is 401 g/mol. The van der Waals surface area contributed by atoms with Gasteiger partial charge >= 0.3 is 0 Å². The lowest BCUT2D eigenvalue weighted by Crippen LogP contribution is -3.10. The highest BCUT2D eigenvalue weighted by Crippen LogP contribution is 2.07. The van der Waals surface area contributed by atoms with E-state index in [1.807, 2.05) is 30.3 Å². The van der Waals surface area contributed by atoms with Gasteiger partial charge < -0.3 is 24.4 Å². The molecule has 1 aromatic heterocycles. The van der Waals surface area contributed by atoms with E-state index < -0.39 is 0 Å². The summed E-state index contributed by atoms with van der Waals surface area (Å²) in [6.45, 7) is 5.62. The summed E-state index contributed by atoms with van der Waals surface area (Å²) in [5.41, 5.74) is 1.01. The molecule has 2 heterocycles. The topological polar surface area (TPSA) is 89.1 Å². The fourth-order valence-electron chi connectivity index (χ4n) is 3.41. The lowest BCUT2D eigenvalue weighted by Gasteiger charge is -2.23. The van der Waals surface area contributed by atoms with E-state index >= 15 is 0 Å². The zero-order valence-electron chi connectivity index (χ0n) is 16.9. The lowest BCUT2D eigenvalue weighted by atomic mass is 10.2. The third-order valence-corrected chi connectivity index (χ3v) is 4.97.